The van der Waals surface area contributed by atoms with Crippen molar-refractivity contribution in [3.63, 3.8) is 0 Å². The van der Waals surface area contributed by atoms with Crippen LogP contribution < -0.4 is 5.32 Å². The van der Waals surface area contributed by atoms with Gasteiger partial charge in [-0.15, -0.1) is 0 Å². The van der Waals surface area contributed by atoms with Crippen molar-refractivity contribution in [2.45, 2.75) is 45.3 Å². The highest BCUT2D eigenvalue weighted by molar-refractivity contribution is 5.93. The number of likely N-dealkylation sites (tertiary alicyclic amines) is 1. The Kier molecular flexibility index (Phi) is 6.18. The lowest BCUT2D eigenvalue weighted by Crippen LogP contribution is -2.44. The summed E-state index contributed by atoms with van der Waals surface area (Å²) in [6.07, 6.45) is 5.20. The van der Waals surface area contributed by atoms with Gasteiger partial charge in [-0.25, -0.2) is 4.39 Å². The lowest BCUT2D eigenvalue weighted by Gasteiger charge is -2.32. The molecule has 0 aliphatic carbocycles. The SMILES string of the molecule is CC(C)n1cc(C(=O)NC2CCN(Cc3cc(-c4ccccc4F)nn3C)CC2)cn1. The molecule has 1 saturated heterocycles. The molecule has 3 heterocycles. The highest BCUT2D eigenvalue weighted by Crippen LogP contribution is 2.23. The van der Waals surface area contributed by atoms with Crippen molar-refractivity contribution in [3.8, 4) is 11.3 Å². The Morgan fingerprint density at radius 1 is 1.26 bits per heavy atom. The molecule has 0 saturated carbocycles. The quantitative estimate of drug-likeness (QED) is 0.659. The number of carbonyl (C=O) groups excluding carboxylic acids is 1. The zero-order chi connectivity index (χ0) is 22.0. The molecule has 0 spiro atoms. The topological polar surface area (TPSA) is 68.0 Å². The molecule has 1 aliphatic heterocycles. The Balaban J connectivity index is 1.31. The van der Waals surface area contributed by atoms with Gasteiger partial charge in [0.1, 0.15) is 5.82 Å². The molecule has 1 aromatic carbocycles. The molecule has 0 atom stereocenters. The number of hydrogen-bond acceptors (Lipinski definition) is 4. The van der Waals surface area contributed by atoms with Crippen molar-refractivity contribution in [1.29, 1.82) is 0 Å². The summed E-state index contributed by atoms with van der Waals surface area (Å²) in [6.45, 7) is 6.59. The second-order valence-corrected chi connectivity index (χ2v) is 8.45. The summed E-state index contributed by atoms with van der Waals surface area (Å²) in [5, 5.41) is 11.9. The zero-order valence-corrected chi connectivity index (χ0v) is 18.3. The lowest BCUT2D eigenvalue weighted by atomic mass is 10.0. The second-order valence-electron chi connectivity index (χ2n) is 8.45. The average molecular weight is 425 g/mol. The third-order valence-electron chi connectivity index (χ3n) is 5.83. The Hall–Kier alpha value is -3.00. The van der Waals surface area contributed by atoms with E-state index in [1.54, 1.807) is 29.2 Å². The summed E-state index contributed by atoms with van der Waals surface area (Å²) in [6, 6.07) is 9.06. The molecule has 7 nitrogen and oxygen atoms in total. The van der Waals surface area contributed by atoms with Crippen molar-refractivity contribution in [3.05, 3.63) is 59.8 Å². The Labute approximate surface area is 181 Å². The van der Waals surface area contributed by atoms with Crippen LogP contribution in [0.4, 0.5) is 4.39 Å². The van der Waals surface area contributed by atoms with Crippen molar-refractivity contribution in [2.24, 2.45) is 7.05 Å². The minimum Gasteiger partial charge on any atom is -0.349 e. The number of piperidine rings is 1. The van der Waals surface area contributed by atoms with Gasteiger partial charge in [-0.1, -0.05) is 12.1 Å². The summed E-state index contributed by atoms with van der Waals surface area (Å²) in [5.41, 5.74) is 2.82. The van der Waals surface area contributed by atoms with Gasteiger partial charge in [0.25, 0.3) is 5.91 Å². The van der Waals surface area contributed by atoms with Crippen LogP contribution in [0.2, 0.25) is 0 Å². The van der Waals surface area contributed by atoms with Gasteiger partial charge in [0.15, 0.2) is 0 Å². The number of amides is 1. The molecule has 2 aromatic heterocycles. The molecule has 4 rings (SSSR count). The molecular weight excluding hydrogens is 395 g/mol. The van der Waals surface area contributed by atoms with E-state index in [-0.39, 0.29) is 23.8 Å². The summed E-state index contributed by atoms with van der Waals surface area (Å²) in [5.74, 6) is -0.325. The fraction of sp³-hybridized carbons (Fsp3) is 0.435. The second kappa shape index (κ2) is 9.01. The largest absolute Gasteiger partial charge is 0.349 e. The average Bonchev–Trinajstić information content (AvgIpc) is 3.38. The maximum atomic E-state index is 14.1. The van der Waals surface area contributed by atoms with E-state index in [2.05, 4.69) is 20.4 Å². The molecule has 8 heteroatoms. The standard InChI is InChI=1S/C23H29FN6O/c1-16(2)30-14-17(13-25-30)23(31)26-18-8-10-29(11-9-18)15-19-12-22(27-28(19)3)20-6-4-5-7-21(20)24/h4-7,12-14,16,18H,8-11,15H2,1-3H3,(H,26,31). The first kappa shape index (κ1) is 21.2. The maximum Gasteiger partial charge on any atom is 0.254 e. The maximum absolute atomic E-state index is 14.1. The van der Waals surface area contributed by atoms with E-state index in [1.807, 2.05) is 37.7 Å². The smallest absolute Gasteiger partial charge is 0.254 e. The molecule has 0 radical (unpaired) electrons. The van der Waals surface area contributed by atoms with E-state index in [0.717, 1.165) is 38.2 Å². The summed E-state index contributed by atoms with van der Waals surface area (Å²) >= 11 is 0. The molecule has 31 heavy (non-hydrogen) atoms. The number of rotatable bonds is 6. The monoisotopic (exact) mass is 424 g/mol. The molecule has 1 fully saturated rings. The van der Waals surface area contributed by atoms with Crippen molar-refractivity contribution in [2.75, 3.05) is 13.1 Å². The molecule has 1 aliphatic rings. The van der Waals surface area contributed by atoms with Crippen LogP contribution in [0.3, 0.4) is 0 Å². The van der Waals surface area contributed by atoms with Crippen LogP contribution in [0.15, 0.2) is 42.7 Å². The van der Waals surface area contributed by atoms with Gasteiger partial charge >= 0.3 is 0 Å². The zero-order valence-electron chi connectivity index (χ0n) is 18.3. The van der Waals surface area contributed by atoms with Crippen molar-refractivity contribution < 1.29 is 9.18 Å². The summed E-state index contributed by atoms with van der Waals surface area (Å²) in [4.78, 5) is 14.9. The van der Waals surface area contributed by atoms with Gasteiger partial charge in [0.2, 0.25) is 0 Å². The number of carbonyl (C=O) groups is 1. The highest BCUT2D eigenvalue weighted by atomic mass is 19.1. The Bertz CT molecular complexity index is 1050. The fourth-order valence-electron chi connectivity index (χ4n) is 3.93. The normalized spacial score (nSPS) is 15.5. The first-order valence-electron chi connectivity index (χ1n) is 10.8. The van der Waals surface area contributed by atoms with Crippen LogP contribution in [-0.2, 0) is 13.6 Å². The van der Waals surface area contributed by atoms with Crippen LogP contribution in [0.25, 0.3) is 11.3 Å². The van der Waals surface area contributed by atoms with Gasteiger partial charge < -0.3 is 5.32 Å². The van der Waals surface area contributed by atoms with Gasteiger partial charge in [0, 0.05) is 50.5 Å². The molecule has 0 bridgehead atoms. The first-order chi connectivity index (χ1) is 14.9. The van der Waals surface area contributed by atoms with Gasteiger partial charge in [-0.05, 0) is 44.9 Å². The number of nitrogens with zero attached hydrogens (tertiary/aromatic N) is 5. The van der Waals surface area contributed by atoms with Crippen molar-refractivity contribution >= 4 is 5.91 Å². The van der Waals surface area contributed by atoms with Gasteiger partial charge in [0.05, 0.1) is 23.1 Å². The molecule has 3 aromatic rings. The van der Waals surface area contributed by atoms with E-state index in [4.69, 9.17) is 0 Å². The Morgan fingerprint density at radius 3 is 2.68 bits per heavy atom. The molecule has 1 amide bonds. The van der Waals surface area contributed by atoms with Crippen LogP contribution in [-0.4, -0.2) is 49.5 Å². The summed E-state index contributed by atoms with van der Waals surface area (Å²) < 4.78 is 17.7. The third kappa shape index (κ3) is 4.85. The molecular formula is C23H29FN6O. The molecule has 164 valence electrons. The first-order valence-corrected chi connectivity index (χ1v) is 10.8. The molecule has 0 unspecified atom stereocenters. The number of halogens is 1. The minimum absolute atomic E-state index is 0.0634. The van der Waals surface area contributed by atoms with E-state index >= 15 is 0 Å². The number of benzene rings is 1. The third-order valence-corrected chi connectivity index (χ3v) is 5.83. The number of aryl methyl sites for hydroxylation is 1. The number of aromatic nitrogens is 4. The summed E-state index contributed by atoms with van der Waals surface area (Å²) in [7, 11) is 1.89. The van der Waals surface area contributed by atoms with Crippen LogP contribution >= 0.6 is 0 Å². The molecule has 1 N–H and O–H groups in total. The van der Waals surface area contributed by atoms with E-state index in [1.165, 1.54) is 6.07 Å². The predicted octanol–water partition coefficient (Wildman–Crippen LogP) is 3.40. The van der Waals surface area contributed by atoms with Gasteiger partial charge in [-0.3, -0.25) is 19.1 Å². The lowest BCUT2D eigenvalue weighted by molar-refractivity contribution is 0.0908. The highest BCUT2D eigenvalue weighted by Gasteiger charge is 2.23. The Morgan fingerprint density at radius 2 is 2.00 bits per heavy atom. The fourth-order valence-corrected chi connectivity index (χ4v) is 3.93. The number of hydrogen-bond donors (Lipinski definition) is 1. The predicted molar refractivity (Wildman–Crippen MR) is 117 cm³/mol. The van der Waals surface area contributed by atoms with Crippen LogP contribution in [0.5, 0.6) is 0 Å². The van der Waals surface area contributed by atoms with E-state index < -0.39 is 0 Å². The number of nitrogens with one attached hydrogen (secondary N) is 1. The van der Waals surface area contributed by atoms with Crippen LogP contribution in [0.1, 0.15) is 48.8 Å². The minimum atomic E-state index is -0.261. The van der Waals surface area contributed by atoms with Crippen LogP contribution in [0, 0.1) is 5.82 Å². The van der Waals surface area contributed by atoms with Crippen molar-refractivity contribution in [1.82, 2.24) is 29.8 Å². The van der Waals surface area contributed by atoms with E-state index in [9.17, 15) is 9.18 Å². The van der Waals surface area contributed by atoms with E-state index in [0.29, 0.717) is 16.8 Å². The van der Waals surface area contributed by atoms with Gasteiger partial charge in [-0.2, -0.15) is 10.2 Å².